The molecule has 0 saturated carbocycles. The highest BCUT2D eigenvalue weighted by Gasteiger charge is 2.33. The van der Waals surface area contributed by atoms with Gasteiger partial charge in [0.2, 0.25) is 5.91 Å². The monoisotopic (exact) mass is 211 g/mol. The lowest BCUT2D eigenvalue weighted by Crippen LogP contribution is -2.54. The van der Waals surface area contributed by atoms with Gasteiger partial charge in [-0.2, -0.15) is 0 Å². The molecule has 1 N–H and O–H groups in total. The quantitative estimate of drug-likeness (QED) is 0.688. The highest BCUT2D eigenvalue weighted by atomic mass is 16.2. The Bertz CT molecular complexity index is 232. The Hall–Kier alpha value is -0.610. The van der Waals surface area contributed by atoms with Crippen molar-refractivity contribution in [2.45, 2.75) is 6.42 Å². The summed E-state index contributed by atoms with van der Waals surface area (Å²) in [6.07, 6.45) is 1.29. The van der Waals surface area contributed by atoms with Gasteiger partial charge in [0.1, 0.15) is 0 Å². The minimum Gasteiger partial charge on any atom is -0.348 e. The van der Waals surface area contributed by atoms with E-state index in [-0.39, 0.29) is 11.8 Å². The van der Waals surface area contributed by atoms with Crippen LogP contribution in [0.3, 0.4) is 0 Å². The highest BCUT2D eigenvalue weighted by molar-refractivity contribution is 5.79. The fraction of sp³-hybridized carbons (Fsp3) is 0.909. The summed E-state index contributed by atoms with van der Waals surface area (Å²) in [7, 11) is 3.68. The largest absolute Gasteiger partial charge is 0.348 e. The molecule has 4 nitrogen and oxygen atoms in total. The summed E-state index contributed by atoms with van der Waals surface area (Å²) >= 11 is 0. The lowest BCUT2D eigenvalue weighted by molar-refractivity contribution is -0.138. The smallest absolute Gasteiger partial charge is 0.227 e. The third-order valence-electron chi connectivity index (χ3n) is 3.47. The average molecular weight is 211 g/mol. The van der Waals surface area contributed by atoms with Crippen LogP contribution >= 0.6 is 0 Å². The normalized spacial score (nSPS) is 23.3. The number of carbonyl (C=O) groups is 1. The molecule has 0 aromatic rings. The van der Waals surface area contributed by atoms with Crippen molar-refractivity contribution in [3.63, 3.8) is 0 Å². The second-order valence-electron chi connectivity index (χ2n) is 5.00. The van der Waals surface area contributed by atoms with Gasteiger partial charge in [0, 0.05) is 27.2 Å². The number of nitrogens with one attached hydrogen (secondary N) is 1. The lowest BCUT2D eigenvalue weighted by Gasteiger charge is -2.40. The first-order chi connectivity index (χ1) is 7.16. The average Bonchev–Trinajstić information content (AvgIpc) is 2.04. The van der Waals surface area contributed by atoms with Gasteiger partial charge in [-0.15, -0.1) is 0 Å². The standard InChI is InChI=1S/C11H21N3O/c1-13(2)11(15)10-7-14(8-10)4-3-9-5-12-6-9/h9-10,12H,3-8H2,1-2H3. The summed E-state index contributed by atoms with van der Waals surface area (Å²) in [5.41, 5.74) is 0. The number of hydrogen-bond donors (Lipinski definition) is 1. The fourth-order valence-corrected chi connectivity index (χ4v) is 2.19. The molecule has 2 aliphatic rings. The van der Waals surface area contributed by atoms with Crippen molar-refractivity contribution in [1.29, 1.82) is 0 Å². The summed E-state index contributed by atoms with van der Waals surface area (Å²) in [5, 5.41) is 3.28. The van der Waals surface area contributed by atoms with Crippen molar-refractivity contribution in [1.82, 2.24) is 15.1 Å². The number of amides is 1. The van der Waals surface area contributed by atoms with Crippen molar-refractivity contribution in [2.75, 3.05) is 46.8 Å². The lowest BCUT2D eigenvalue weighted by atomic mass is 9.95. The van der Waals surface area contributed by atoms with E-state index in [2.05, 4.69) is 10.2 Å². The number of nitrogens with zero attached hydrogens (tertiary/aromatic N) is 2. The Labute approximate surface area is 91.6 Å². The van der Waals surface area contributed by atoms with Crippen molar-refractivity contribution in [2.24, 2.45) is 11.8 Å². The number of hydrogen-bond acceptors (Lipinski definition) is 3. The Kier molecular flexibility index (Phi) is 3.26. The molecule has 2 saturated heterocycles. The molecule has 2 heterocycles. The van der Waals surface area contributed by atoms with Gasteiger partial charge in [-0.1, -0.05) is 0 Å². The van der Waals surface area contributed by atoms with E-state index >= 15 is 0 Å². The van der Waals surface area contributed by atoms with Crippen LogP contribution in [0.1, 0.15) is 6.42 Å². The zero-order valence-electron chi connectivity index (χ0n) is 9.70. The topological polar surface area (TPSA) is 35.6 Å². The molecular weight excluding hydrogens is 190 g/mol. The van der Waals surface area contributed by atoms with E-state index in [0.29, 0.717) is 0 Å². The predicted octanol–water partition coefficient (Wildman–Crippen LogP) is -0.384. The molecule has 1 amide bonds. The first-order valence-corrected chi connectivity index (χ1v) is 5.81. The molecule has 2 rings (SSSR count). The molecule has 4 heteroatoms. The number of likely N-dealkylation sites (tertiary alicyclic amines) is 1. The van der Waals surface area contributed by atoms with Crippen molar-refractivity contribution < 1.29 is 4.79 Å². The summed E-state index contributed by atoms with van der Waals surface area (Å²) < 4.78 is 0. The molecular formula is C11H21N3O. The maximum Gasteiger partial charge on any atom is 0.227 e. The van der Waals surface area contributed by atoms with E-state index in [1.54, 1.807) is 4.90 Å². The summed E-state index contributed by atoms with van der Waals surface area (Å²) in [6, 6.07) is 0. The molecule has 0 atom stereocenters. The zero-order valence-corrected chi connectivity index (χ0v) is 9.70. The van der Waals surface area contributed by atoms with Crippen LogP contribution in [0.2, 0.25) is 0 Å². The van der Waals surface area contributed by atoms with Crippen LogP contribution in [0.4, 0.5) is 0 Å². The SMILES string of the molecule is CN(C)C(=O)C1CN(CCC2CNC2)C1. The third kappa shape index (κ3) is 2.49. The molecule has 2 fully saturated rings. The maximum absolute atomic E-state index is 11.6. The highest BCUT2D eigenvalue weighted by Crippen LogP contribution is 2.19. The maximum atomic E-state index is 11.6. The molecule has 15 heavy (non-hydrogen) atoms. The van der Waals surface area contributed by atoms with E-state index in [1.165, 1.54) is 26.1 Å². The van der Waals surface area contributed by atoms with Gasteiger partial charge in [-0.3, -0.25) is 4.79 Å². The molecule has 0 aromatic carbocycles. The molecule has 86 valence electrons. The van der Waals surface area contributed by atoms with Crippen molar-refractivity contribution in [3.05, 3.63) is 0 Å². The summed E-state index contributed by atoms with van der Waals surface area (Å²) in [6.45, 7) is 5.49. The van der Waals surface area contributed by atoms with Gasteiger partial charge >= 0.3 is 0 Å². The number of carbonyl (C=O) groups excluding carboxylic acids is 1. The van der Waals surface area contributed by atoms with Crippen LogP contribution in [0, 0.1) is 11.8 Å². The predicted molar refractivity (Wildman–Crippen MR) is 59.6 cm³/mol. The van der Waals surface area contributed by atoms with Gasteiger partial charge < -0.3 is 15.1 Å². The molecule has 0 aliphatic carbocycles. The molecule has 0 radical (unpaired) electrons. The first kappa shape index (κ1) is 10.9. The van der Waals surface area contributed by atoms with Crippen molar-refractivity contribution in [3.8, 4) is 0 Å². The summed E-state index contributed by atoms with van der Waals surface area (Å²) in [4.78, 5) is 15.7. The Morgan fingerprint density at radius 2 is 2.07 bits per heavy atom. The minimum atomic E-state index is 0.263. The summed E-state index contributed by atoms with van der Waals surface area (Å²) in [5.74, 6) is 1.43. The van der Waals surface area contributed by atoms with Crippen LogP contribution in [-0.4, -0.2) is 62.5 Å². The van der Waals surface area contributed by atoms with E-state index in [9.17, 15) is 4.79 Å². The fourth-order valence-electron chi connectivity index (χ4n) is 2.19. The second kappa shape index (κ2) is 4.49. The van der Waals surface area contributed by atoms with Gasteiger partial charge in [0.05, 0.1) is 5.92 Å². The molecule has 0 bridgehead atoms. The van der Waals surface area contributed by atoms with Gasteiger partial charge in [0.25, 0.3) is 0 Å². The van der Waals surface area contributed by atoms with Crippen LogP contribution in [0.5, 0.6) is 0 Å². The first-order valence-electron chi connectivity index (χ1n) is 5.81. The van der Waals surface area contributed by atoms with Crippen LogP contribution in [0.25, 0.3) is 0 Å². The van der Waals surface area contributed by atoms with E-state index in [1.807, 2.05) is 14.1 Å². The van der Waals surface area contributed by atoms with Gasteiger partial charge in [0.15, 0.2) is 0 Å². The zero-order chi connectivity index (χ0) is 10.8. The van der Waals surface area contributed by atoms with Crippen LogP contribution in [-0.2, 0) is 4.79 Å². The molecule has 0 spiro atoms. The van der Waals surface area contributed by atoms with Crippen LogP contribution in [0.15, 0.2) is 0 Å². The van der Waals surface area contributed by atoms with Gasteiger partial charge in [-0.05, 0) is 32.0 Å². The number of rotatable bonds is 4. The van der Waals surface area contributed by atoms with E-state index in [0.717, 1.165) is 19.0 Å². The Balaban J connectivity index is 1.58. The Morgan fingerprint density at radius 1 is 1.40 bits per heavy atom. The molecule has 2 aliphatic heterocycles. The molecule has 0 aromatic heterocycles. The minimum absolute atomic E-state index is 0.263. The second-order valence-corrected chi connectivity index (χ2v) is 5.00. The van der Waals surface area contributed by atoms with E-state index < -0.39 is 0 Å². The van der Waals surface area contributed by atoms with Crippen LogP contribution < -0.4 is 5.32 Å². The van der Waals surface area contributed by atoms with E-state index in [4.69, 9.17) is 0 Å². The van der Waals surface area contributed by atoms with Gasteiger partial charge in [-0.25, -0.2) is 0 Å². The molecule has 0 unspecified atom stereocenters. The Morgan fingerprint density at radius 3 is 2.53 bits per heavy atom. The third-order valence-corrected chi connectivity index (χ3v) is 3.47. The van der Waals surface area contributed by atoms with Crippen molar-refractivity contribution >= 4 is 5.91 Å².